The molecule has 0 rings (SSSR count). The van der Waals surface area contributed by atoms with Crippen LogP contribution in [0.5, 0.6) is 0 Å². The SMILES string of the molecule is CCCC[N+](C)(CCC)CCOC.COC(=O)[O-]. The van der Waals surface area contributed by atoms with Crippen molar-refractivity contribution < 1.29 is 23.9 Å². The van der Waals surface area contributed by atoms with E-state index >= 15 is 0 Å². The van der Waals surface area contributed by atoms with Gasteiger partial charge in [-0.25, -0.2) is 0 Å². The maximum absolute atomic E-state index is 9.03. The molecule has 18 heavy (non-hydrogen) atoms. The number of unbranched alkanes of at least 4 members (excludes halogenated alkanes) is 1. The number of hydrogen-bond donors (Lipinski definition) is 0. The Bertz CT molecular complexity index is 189. The average molecular weight is 263 g/mol. The Morgan fingerprint density at radius 1 is 1.11 bits per heavy atom. The molecular formula is C13H29NO4. The molecule has 0 spiro atoms. The molecule has 0 bridgehead atoms. The van der Waals surface area contributed by atoms with Gasteiger partial charge in [-0.15, -0.1) is 0 Å². The van der Waals surface area contributed by atoms with Gasteiger partial charge in [-0.2, -0.15) is 0 Å². The fourth-order valence-corrected chi connectivity index (χ4v) is 1.73. The van der Waals surface area contributed by atoms with Crippen molar-refractivity contribution >= 4 is 6.16 Å². The summed E-state index contributed by atoms with van der Waals surface area (Å²) in [5.74, 6) is 0. The molecule has 0 N–H and O–H groups in total. The predicted octanol–water partition coefficient (Wildman–Crippen LogP) is 1.27. The molecule has 0 aliphatic carbocycles. The second-order valence-electron chi connectivity index (χ2n) is 4.59. The van der Waals surface area contributed by atoms with Gasteiger partial charge in [0.15, 0.2) is 0 Å². The number of carbonyl (C=O) groups is 1. The van der Waals surface area contributed by atoms with Gasteiger partial charge < -0.3 is 23.9 Å². The Morgan fingerprint density at radius 2 is 1.67 bits per heavy atom. The van der Waals surface area contributed by atoms with Gasteiger partial charge in [-0.1, -0.05) is 20.3 Å². The highest BCUT2D eigenvalue weighted by Gasteiger charge is 2.18. The maximum Gasteiger partial charge on any atom is 0.251 e. The Morgan fingerprint density at radius 3 is 2.00 bits per heavy atom. The van der Waals surface area contributed by atoms with Crippen LogP contribution in [0.3, 0.4) is 0 Å². The Hall–Kier alpha value is -0.810. The Labute approximate surface area is 111 Å². The highest BCUT2D eigenvalue weighted by Crippen LogP contribution is 2.06. The molecule has 0 aromatic carbocycles. The summed E-state index contributed by atoms with van der Waals surface area (Å²) in [6.45, 7) is 9.14. The lowest BCUT2D eigenvalue weighted by atomic mass is 10.2. The summed E-state index contributed by atoms with van der Waals surface area (Å²) in [5.41, 5.74) is 0. The molecule has 1 unspecified atom stereocenters. The zero-order chi connectivity index (χ0) is 14.4. The molecule has 0 aliphatic heterocycles. The Balaban J connectivity index is 0. The fourth-order valence-electron chi connectivity index (χ4n) is 1.73. The molecule has 0 aromatic rings. The number of methoxy groups -OCH3 is 2. The van der Waals surface area contributed by atoms with Crippen LogP contribution < -0.4 is 5.11 Å². The third kappa shape index (κ3) is 13.3. The van der Waals surface area contributed by atoms with Crippen molar-refractivity contribution in [3.8, 4) is 0 Å². The Kier molecular flexibility index (Phi) is 13.7. The van der Waals surface area contributed by atoms with E-state index in [0.717, 1.165) is 20.3 Å². The summed E-state index contributed by atoms with van der Waals surface area (Å²) >= 11 is 0. The van der Waals surface area contributed by atoms with Crippen molar-refractivity contribution in [2.75, 3.05) is 47.5 Å². The summed E-state index contributed by atoms with van der Waals surface area (Å²) in [6, 6.07) is 0. The summed E-state index contributed by atoms with van der Waals surface area (Å²) < 4.78 is 9.88. The van der Waals surface area contributed by atoms with Gasteiger partial charge in [0.1, 0.15) is 6.54 Å². The smallest absolute Gasteiger partial charge is 0.251 e. The second-order valence-corrected chi connectivity index (χ2v) is 4.59. The van der Waals surface area contributed by atoms with Gasteiger partial charge in [0.05, 0.1) is 26.7 Å². The molecule has 110 valence electrons. The predicted molar refractivity (Wildman–Crippen MR) is 70.3 cm³/mol. The van der Waals surface area contributed by atoms with E-state index in [1.807, 2.05) is 0 Å². The lowest BCUT2D eigenvalue weighted by molar-refractivity contribution is -0.910. The van der Waals surface area contributed by atoms with Crippen molar-refractivity contribution in [1.82, 2.24) is 0 Å². The molecule has 0 heterocycles. The first-order chi connectivity index (χ1) is 8.45. The number of ether oxygens (including phenoxy) is 2. The van der Waals surface area contributed by atoms with Crippen LogP contribution in [0.1, 0.15) is 33.1 Å². The standard InChI is InChI=1S/C11H26NO.C2H4O3/c1-5-7-9-12(3,8-6-2)10-11-13-4;1-5-2(3)4/h5-11H2,1-4H3;1H3,(H,3,4)/q+1;/p-1. The minimum Gasteiger partial charge on any atom is -0.553 e. The minimum absolute atomic E-state index is 0.889. The lowest BCUT2D eigenvalue weighted by Gasteiger charge is -2.34. The monoisotopic (exact) mass is 263 g/mol. The van der Waals surface area contributed by atoms with E-state index in [-0.39, 0.29) is 0 Å². The number of likely N-dealkylation sites (N-methyl/N-ethyl adjacent to an activating group) is 1. The van der Waals surface area contributed by atoms with E-state index in [2.05, 4.69) is 25.6 Å². The normalized spacial score (nSPS) is 13.2. The lowest BCUT2D eigenvalue weighted by Crippen LogP contribution is -2.47. The first kappa shape index (κ1) is 19.5. The largest absolute Gasteiger partial charge is 0.553 e. The maximum atomic E-state index is 9.03. The molecule has 0 amide bonds. The van der Waals surface area contributed by atoms with Crippen molar-refractivity contribution in [3.05, 3.63) is 0 Å². The molecule has 0 aromatic heterocycles. The molecular weight excluding hydrogens is 234 g/mol. The number of hydrogen-bond acceptors (Lipinski definition) is 4. The topological polar surface area (TPSA) is 58.6 Å². The molecule has 5 nitrogen and oxygen atoms in total. The highest BCUT2D eigenvalue weighted by atomic mass is 16.6. The van der Waals surface area contributed by atoms with Crippen LogP contribution in [0.2, 0.25) is 0 Å². The third-order valence-corrected chi connectivity index (χ3v) is 2.82. The van der Waals surface area contributed by atoms with Crippen LogP contribution in [0.25, 0.3) is 0 Å². The van der Waals surface area contributed by atoms with E-state index in [9.17, 15) is 0 Å². The molecule has 0 radical (unpaired) electrons. The third-order valence-electron chi connectivity index (χ3n) is 2.82. The highest BCUT2D eigenvalue weighted by molar-refractivity contribution is 5.53. The van der Waals surface area contributed by atoms with Crippen molar-refractivity contribution in [1.29, 1.82) is 0 Å². The van der Waals surface area contributed by atoms with Crippen molar-refractivity contribution in [2.45, 2.75) is 33.1 Å². The molecule has 0 saturated carbocycles. The number of carbonyl (C=O) groups excluding carboxylic acids is 1. The van der Waals surface area contributed by atoms with Crippen molar-refractivity contribution in [3.63, 3.8) is 0 Å². The van der Waals surface area contributed by atoms with Crippen LogP contribution in [-0.4, -0.2) is 58.1 Å². The van der Waals surface area contributed by atoms with Gasteiger partial charge in [-0.3, -0.25) is 0 Å². The number of rotatable bonds is 8. The summed E-state index contributed by atoms with van der Waals surface area (Å²) in [5, 5.41) is 9.03. The quantitative estimate of drug-likeness (QED) is 0.489. The second kappa shape index (κ2) is 12.6. The molecule has 1 atom stereocenters. The minimum atomic E-state index is -1.50. The van der Waals surface area contributed by atoms with Gasteiger partial charge in [-0.05, 0) is 12.8 Å². The van der Waals surface area contributed by atoms with E-state index in [1.165, 1.54) is 36.8 Å². The van der Waals surface area contributed by atoms with Crippen molar-refractivity contribution in [2.24, 2.45) is 0 Å². The number of nitrogens with zero attached hydrogens (tertiary/aromatic N) is 1. The van der Waals surface area contributed by atoms with Gasteiger partial charge >= 0.3 is 0 Å². The first-order valence-electron chi connectivity index (χ1n) is 6.53. The van der Waals surface area contributed by atoms with E-state index in [1.54, 1.807) is 7.11 Å². The molecule has 0 fully saturated rings. The van der Waals surface area contributed by atoms with Gasteiger partial charge in [0.2, 0.25) is 0 Å². The number of quaternary nitrogens is 1. The molecule has 0 saturated heterocycles. The summed E-state index contributed by atoms with van der Waals surface area (Å²) in [7, 11) is 5.17. The zero-order valence-electron chi connectivity index (χ0n) is 12.5. The van der Waals surface area contributed by atoms with E-state index in [4.69, 9.17) is 14.6 Å². The van der Waals surface area contributed by atoms with Crippen LogP contribution in [0, 0.1) is 0 Å². The summed E-state index contributed by atoms with van der Waals surface area (Å²) in [4.78, 5) is 9.03. The van der Waals surface area contributed by atoms with Crippen LogP contribution in [-0.2, 0) is 9.47 Å². The molecule has 0 aliphatic rings. The molecule has 5 heteroatoms. The zero-order valence-corrected chi connectivity index (χ0v) is 12.5. The van der Waals surface area contributed by atoms with Crippen LogP contribution in [0.15, 0.2) is 0 Å². The van der Waals surface area contributed by atoms with E-state index < -0.39 is 6.16 Å². The van der Waals surface area contributed by atoms with Gasteiger partial charge in [0.25, 0.3) is 6.16 Å². The van der Waals surface area contributed by atoms with Crippen LogP contribution in [0.4, 0.5) is 4.79 Å². The fraction of sp³-hybridized carbons (Fsp3) is 0.923. The van der Waals surface area contributed by atoms with E-state index in [0.29, 0.717) is 0 Å². The average Bonchev–Trinajstić information content (AvgIpc) is 2.35. The number of carboxylic acid groups (broad SMARTS) is 1. The van der Waals surface area contributed by atoms with Crippen LogP contribution >= 0.6 is 0 Å². The summed E-state index contributed by atoms with van der Waals surface area (Å²) in [6.07, 6.45) is 2.40. The first-order valence-corrected chi connectivity index (χ1v) is 6.53. The van der Waals surface area contributed by atoms with Gasteiger partial charge in [0, 0.05) is 14.2 Å².